The second kappa shape index (κ2) is 7.90. The zero-order valence-corrected chi connectivity index (χ0v) is 15.3. The Kier molecular flexibility index (Phi) is 5.16. The van der Waals surface area contributed by atoms with Crippen LogP contribution < -0.4 is 0 Å². The fourth-order valence-corrected chi connectivity index (χ4v) is 3.33. The van der Waals surface area contributed by atoms with Crippen LogP contribution in [0.3, 0.4) is 0 Å². The minimum absolute atomic E-state index is 0.173. The maximum atomic E-state index is 13.4. The highest BCUT2D eigenvalue weighted by Crippen LogP contribution is 2.18. The van der Waals surface area contributed by atoms with Gasteiger partial charge in [-0.2, -0.15) is 5.10 Å². The van der Waals surface area contributed by atoms with Crippen LogP contribution >= 0.6 is 0 Å². The van der Waals surface area contributed by atoms with Crippen LogP contribution in [0.25, 0.3) is 11.1 Å². The number of halogens is 2. The van der Waals surface area contributed by atoms with E-state index in [9.17, 15) is 13.6 Å². The number of carbonyl (C=O) groups is 1. The number of nitrogens with zero attached hydrogens (tertiary/aromatic N) is 4. The Morgan fingerprint density at radius 2 is 1.68 bits per heavy atom. The summed E-state index contributed by atoms with van der Waals surface area (Å²) in [6.07, 6.45) is 3.85. The summed E-state index contributed by atoms with van der Waals surface area (Å²) in [5.41, 5.74) is 2.36. The molecule has 0 saturated carbocycles. The Morgan fingerprint density at radius 3 is 2.39 bits per heavy atom. The van der Waals surface area contributed by atoms with Crippen molar-refractivity contribution in [1.82, 2.24) is 19.6 Å². The van der Waals surface area contributed by atoms with Crippen molar-refractivity contribution in [2.45, 2.75) is 6.67 Å². The van der Waals surface area contributed by atoms with Gasteiger partial charge in [0.25, 0.3) is 5.91 Å². The van der Waals surface area contributed by atoms with E-state index in [0.717, 1.165) is 23.3 Å². The minimum Gasteiger partial charge on any atom is -0.336 e. The first kappa shape index (κ1) is 18.3. The number of piperazine rings is 1. The van der Waals surface area contributed by atoms with E-state index in [2.05, 4.69) is 10.00 Å². The highest BCUT2D eigenvalue weighted by atomic mass is 19.2. The van der Waals surface area contributed by atoms with Gasteiger partial charge in [0.1, 0.15) is 0 Å². The predicted octanol–water partition coefficient (Wildman–Crippen LogP) is 3.24. The summed E-state index contributed by atoms with van der Waals surface area (Å²) in [6, 6.07) is 13.3. The smallest absolute Gasteiger partial charge is 0.254 e. The summed E-state index contributed by atoms with van der Waals surface area (Å²) in [4.78, 5) is 16.4. The number of hydrogen-bond donors (Lipinski definition) is 0. The average molecular weight is 382 g/mol. The van der Waals surface area contributed by atoms with Crippen LogP contribution in [0.1, 0.15) is 10.4 Å². The predicted molar refractivity (Wildman–Crippen MR) is 101 cm³/mol. The fraction of sp³-hybridized carbons (Fsp3) is 0.238. The zero-order valence-electron chi connectivity index (χ0n) is 15.3. The van der Waals surface area contributed by atoms with Crippen LogP contribution in [-0.4, -0.2) is 51.7 Å². The molecule has 0 bridgehead atoms. The van der Waals surface area contributed by atoms with Crippen LogP contribution in [0.2, 0.25) is 0 Å². The molecule has 3 aromatic rings. The lowest BCUT2D eigenvalue weighted by molar-refractivity contribution is 0.0586. The molecule has 7 heteroatoms. The van der Waals surface area contributed by atoms with Gasteiger partial charge in [-0.15, -0.1) is 0 Å². The van der Waals surface area contributed by atoms with Gasteiger partial charge >= 0.3 is 0 Å². The summed E-state index contributed by atoms with van der Waals surface area (Å²) in [7, 11) is 0. The topological polar surface area (TPSA) is 41.4 Å². The van der Waals surface area contributed by atoms with E-state index in [4.69, 9.17) is 0 Å². The molecule has 0 N–H and O–H groups in total. The lowest BCUT2D eigenvalue weighted by Crippen LogP contribution is -2.49. The van der Waals surface area contributed by atoms with Crippen LogP contribution in [-0.2, 0) is 6.67 Å². The van der Waals surface area contributed by atoms with Gasteiger partial charge in [-0.3, -0.25) is 14.4 Å². The molecule has 1 saturated heterocycles. The molecule has 1 aliphatic rings. The number of hydrogen-bond acceptors (Lipinski definition) is 3. The largest absolute Gasteiger partial charge is 0.336 e. The lowest BCUT2D eigenvalue weighted by atomic mass is 10.1. The SMILES string of the molecule is O=C(c1ccc(F)c(F)c1)N1CCN(Cn2cc(-c3ccccc3)cn2)CC1. The van der Waals surface area contributed by atoms with E-state index in [-0.39, 0.29) is 11.5 Å². The molecule has 0 radical (unpaired) electrons. The third kappa shape index (κ3) is 3.94. The average Bonchev–Trinajstić information content (AvgIpc) is 3.19. The van der Waals surface area contributed by atoms with Gasteiger partial charge in [0.2, 0.25) is 0 Å². The standard InChI is InChI=1S/C21H20F2N4O/c22-19-7-6-17(12-20(19)23)21(28)26-10-8-25(9-11-26)15-27-14-18(13-24-27)16-4-2-1-3-5-16/h1-7,12-14H,8-11,15H2. The molecule has 1 amide bonds. The summed E-state index contributed by atoms with van der Waals surface area (Å²) in [5, 5.41) is 4.42. The first-order valence-electron chi connectivity index (χ1n) is 9.15. The zero-order chi connectivity index (χ0) is 19.5. The Bertz CT molecular complexity index is 966. The molecule has 1 aliphatic heterocycles. The van der Waals surface area contributed by atoms with Gasteiger partial charge in [0.15, 0.2) is 11.6 Å². The molecule has 2 heterocycles. The molecule has 28 heavy (non-hydrogen) atoms. The van der Waals surface area contributed by atoms with Crippen molar-refractivity contribution in [1.29, 1.82) is 0 Å². The Labute approximate surface area is 161 Å². The molecule has 0 aliphatic carbocycles. The monoisotopic (exact) mass is 382 g/mol. The summed E-state index contributed by atoms with van der Waals surface area (Å²) in [5.74, 6) is -2.23. The quantitative estimate of drug-likeness (QED) is 0.696. The van der Waals surface area contributed by atoms with Gasteiger partial charge in [-0.05, 0) is 23.8 Å². The van der Waals surface area contributed by atoms with Crippen molar-refractivity contribution in [3.05, 3.63) is 78.1 Å². The summed E-state index contributed by atoms with van der Waals surface area (Å²) in [6.45, 7) is 3.08. The number of aromatic nitrogens is 2. The number of benzene rings is 2. The minimum atomic E-state index is -1.00. The lowest BCUT2D eigenvalue weighted by Gasteiger charge is -2.34. The first-order valence-corrected chi connectivity index (χ1v) is 9.15. The van der Waals surface area contributed by atoms with Crippen LogP contribution in [0.15, 0.2) is 60.9 Å². The van der Waals surface area contributed by atoms with Gasteiger partial charge in [0, 0.05) is 43.5 Å². The maximum absolute atomic E-state index is 13.4. The van der Waals surface area contributed by atoms with Gasteiger partial charge < -0.3 is 4.90 Å². The summed E-state index contributed by atoms with van der Waals surface area (Å²) < 4.78 is 28.3. The fourth-order valence-electron chi connectivity index (χ4n) is 3.33. The Morgan fingerprint density at radius 1 is 0.929 bits per heavy atom. The number of carbonyl (C=O) groups excluding carboxylic acids is 1. The third-order valence-corrected chi connectivity index (χ3v) is 4.91. The highest BCUT2D eigenvalue weighted by Gasteiger charge is 2.23. The van der Waals surface area contributed by atoms with E-state index < -0.39 is 11.6 Å². The molecule has 0 spiro atoms. The van der Waals surface area contributed by atoms with Crippen molar-refractivity contribution in [2.24, 2.45) is 0 Å². The van der Waals surface area contributed by atoms with E-state index in [0.29, 0.717) is 32.8 Å². The Balaban J connectivity index is 1.34. The van der Waals surface area contributed by atoms with Crippen LogP contribution in [0, 0.1) is 11.6 Å². The summed E-state index contributed by atoms with van der Waals surface area (Å²) >= 11 is 0. The number of rotatable bonds is 4. The van der Waals surface area contributed by atoms with Crippen molar-refractivity contribution < 1.29 is 13.6 Å². The van der Waals surface area contributed by atoms with Crippen LogP contribution in [0.4, 0.5) is 8.78 Å². The van der Waals surface area contributed by atoms with E-state index >= 15 is 0 Å². The second-order valence-corrected chi connectivity index (χ2v) is 6.82. The van der Waals surface area contributed by atoms with Gasteiger partial charge in [-0.25, -0.2) is 8.78 Å². The molecule has 1 aromatic heterocycles. The molecule has 4 rings (SSSR count). The van der Waals surface area contributed by atoms with Gasteiger partial charge in [-0.1, -0.05) is 30.3 Å². The van der Waals surface area contributed by atoms with Crippen molar-refractivity contribution in [3.63, 3.8) is 0 Å². The van der Waals surface area contributed by atoms with E-state index in [1.165, 1.54) is 6.07 Å². The molecular weight excluding hydrogens is 362 g/mol. The first-order chi connectivity index (χ1) is 13.6. The molecule has 2 aromatic carbocycles. The molecule has 144 valence electrons. The van der Waals surface area contributed by atoms with Crippen molar-refractivity contribution >= 4 is 5.91 Å². The normalized spacial score (nSPS) is 15.0. The second-order valence-electron chi connectivity index (χ2n) is 6.82. The Hall–Kier alpha value is -3.06. The molecular formula is C21H20F2N4O. The molecule has 0 unspecified atom stereocenters. The van der Waals surface area contributed by atoms with E-state index in [1.807, 2.05) is 47.4 Å². The third-order valence-electron chi connectivity index (χ3n) is 4.91. The van der Waals surface area contributed by atoms with Gasteiger partial charge in [0.05, 0.1) is 12.9 Å². The van der Waals surface area contributed by atoms with E-state index in [1.54, 1.807) is 4.90 Å². The van der Waals surface area contributed by atoms with Crippen molar-refractivity contribution in [3.8, 4) is 11.1 Å². The maximum Gasteiger partial charge on any atom is 0.254 e. The van der Waals surface area contributed by atoms with Crippen molar-refractivity contribution in [2.75, 3.05) is 26.2 Å². The molecule has 5 nitrogen and oxygen atoms in total. The molecule has 1 fully saturated rings. The number of amides is 1. The highest BCUT2D eigenvalue weighted by molar-refractivity contribution is 5.94. The molecule has 0 atom stereocenters. The van der Waals surface area contributed by atoms with Crippen LogP contribution in [0.5, 0.6) is 0 Å².